The fourth-order valence-corrected chi connectivity index (χ4v) is 12.3. The van der Waals surface area contributed by atoms with E-state index in [0.29, 0.717) is 0 Å². The van der Waals surface area contributed by atoms with Gasteiger partial charge in [-0.15, -0.1) is 0 Å². The minimum absolute atomic E-state index is 0.189. The Labute approximate surface area is 240 Å². The van der Waals surface area contributed by atoms with Crippen LogP contribution in [-0.4, -0.2) is 87.5 Å². The number of ether oxygens (including phenoxy) is 4. The molecule has 38 heavy (non-hydrogen) atoms. The predicted molar refractivity (Wildman–Crippen MR) is 155 cm³/mol. The molecular formula is C20H38O12P2S4. The van der Waals surface area contributed by atoms with Gasteiger partial charge in [0.1, 0.15) is 10.5 Å². The third-order valence-corrected chi connectivity index (χ3v) is 19.1. The van der Waals surface area contributed by atoms with Crippen LogP contribution in [0.5, 0.6) is 0 Å². The highest BCUT2D eigenvalue weighted by molar-refractivity contribution is 8.89. The average Bonchev–Trinajstić information content (AvgIpc) is 2.88. The van der Waals surface area contributed by atoms with Crippen molar-refractivity contribution >= 4 is 80.9 Å². The number of hydrogen-bond donors (Lipinski definition) is 0. The van der Waals surface area contributed by atoms with Crippen molar-refractivity contribution in [3.05, 3.63) is 0 Å². The van der Waals surface area contributed by atoms with Crippen molar-refractivity contribution in [2.75, 3.05) is 53.2 Å². The number of hydrogen-bond acceptors (Lipinski definition) is 16. The molecule has 18 heteroatoms. The van der Waals surface area contributed by atoms with Gasteiger partial charge in [0, 0.05) is 14.2 Å². The van der Waals surface area contributed by atoms with Crippen LogP contribution in [0.25, 0.3) is 0 Å². The summed E-state index contributed by atoms with van der Waals surface area (Å²) in [4.78, 5) is 46.4. The van der Waals surface area contributed by atoms with Gasteiger partial charge >= 0.3 is 35.4 Å². The molecule has 0 aromatic heterocycles. The summed E-state index contributed by atoms with van der Waals surface area (Å²) in [6, 6.07) is 0. The Balaban J connectivity index is 0. The number of esters is 4. The van der Waals surface area contributed by atoms with E-state index in [1.807, 2.05) is 0 Å². The van der Waals surface area contributed by atoms with E-state index in [-0.39, 0.29) is 39.3 Å². The molecule has 0 bridgehead atoms. The van der Waals surface area contributed by atoms with Gasteiger partial charge in [-0.25, -0.2) is 0 Å². The Kier molecular flexibility index (Phi) is 23.4. The SMILES string of the molecule is CCOC(=O)C[C@@H](SP(=O)(OC)SC)C(=O)OCC.CCOC(=O)C[C@H](SP(=O)(OC)SC)C(=O)OCC. The predicted octanol–water partition coefficient (Wildman–Crippen LogP) is 5.44. The Morgan fingerprint density at radius 3 is 1.11 bits per heavy atom. The first kappa shape index (κ1) is 39.8. The quantitative estimate of drug-likeness (QED) is 0.104. The zero-order valence-corrected chi connectivity index (χ0v) is 27.9. The molecule has 0 saturated heterocycles. The van der Waals surface area contributed by atoms with E-state index in [1.165, 1.54) is 14.2 Å². The maximum absolute atomic E-state index is 12.2. The highest BCUT2D eigenvalue weighted by Crippen LogP contribution is 2.70. The third kappa shape index (κ3) is 17.4. The Hall–Kier alpha value is -0.340. The molecule has 0 aliphatic carbocycles. The van der Waals surface area contributed by atoms with Crippen molar-refractivity contribution in [1.29, 1.82) is 0 Å². The summed E-state index contributed by atoms with van der Waals surface area (Å²) in [7, 11) is 2.60. The van der Waals surface area contributed by atoms with E-state index in [9.17, 15) is 28.3 Å². The molecule has 0 fully saturated rings. The van der Waals surface area contributed by atoms with Crippen LogP contribution in [0.3, 0.4) is 0 Å². The molecule has 0 spiro atoms. The molecule has 0 N–H and O–H groups in total. The zero-order chi connectivity index (χ0) is 29.8. The molecule has 0 aromatic rings. The Morgan fingerprint density at radius 2 is 0.895 bits per heavy atom. The van der Waals surface area contributed by atoms with E-state index >= 15 is 0 Å². The normalized spacial score (nSPS) is 15.4. The summed E-state index contributed by atoms with van der Waals surface area (Å²) < 4.78 is 53.4. The average molecular weight is 661 g/mol. The minimum Gasteiger partial charge on any atom is -0.466 e. The molecule has 0 aliphatic heterocycles. The Morgan fingerprint density at radius 1 is 0.605 bits per heavy atom. The van der Waals surface area contributed by atoms with Crippen molar-refractivity contribution in [2.24, 2.45) is 0 Å². The van der Waals surface area contributed by atoms with Gasteiger partial charge in [0.25, 0.3) is 0 Å². The molecule has 12 nitrogen and oxygen atoms in total. The second kappa shape index (κ2) is 22.4. The first-order chi connectivity index (χ1) is 17.8. The van der Waals surface area contributed by atoms with Gasteiger partial charge in [-0.05, 0) is 63.0 Å². The molecule has 4 atom stereocenters. The summed E-state index contributed by atoms with van der Waals surface area (Å²) >= 11 is 3.66. The lowest BCUT2D eigenvalue weighted by molar-refractivity contribution is -0.149. The molecule has 0 rings (SSSR count). The van der Waals surface area contributed by atoms with Gasteiger partial charge < -0.3 is 28.0 Å². The molecule has 0 heterocycles. The highest BCUT2D eigenvalue weighted by Gasteiger charge is 2.35. The van der Waals surface area contributed by atoms with Gasteiger partial charge in [0.2, 0.25) is 0 Å². The monoisotopic (exact) mass is 660 g/mol. The summed E-state index contributed by atoms with van der Waals surface area (Å²) in [6.07, 6.45) is 2.85. The number of carbonyl (C=O) groups excluding carboxylic acids is 4. The molecule has 2 unspecified atom stereocenters. The molecule has 0 saturated carbocycles. The smallest absolute Gasteiger partial charge is 0.320 e. The second-order valence-corrected chi connectivity index (χ2v) is 21.8. The lowest BCUT2D eigenvalue weighted by atomic mass is 10.3. The largest absolute Gasteiger partial charge is 0.466 e. The van der Waals surface area contributed by atoms with Crippen molar-refractivity contribution in [3.8, 4) is 0 Å². The van der Waals surface area contributed by atoms with Crippen molar-refractivity contribution in [3.63, 3.8) is 0 Å². The zero-order valence-electron chi connectivity index (χ0n) is 22.8. The summed E-state index contributed by atoms with van der Waals surface area (Å²) in [5, 5.41) is -1.78. The van der Waals surface area contributed by atoms with Gasteiger partial charge in [0.05, 0.1) is 39.3 Å². The minimum atomic E-state index is -3.07. The third-order valence-electron chi connectivity index (χ3n) is 3.82. The van der Waals surface area contributed by atoms with E-state index in [0.717, 1.165) is 45.5 Å². The van der Waals surface area contributed by atoms with Crippen molar-refractivity contribution in [1.82, 2.24) is 0 Å². The lowest BCUT2D eigenvalue weighted by Crippen LogP contribution is -2.24. The van der Waals surface area contributed by atoms with Crippen LogP contribution >= 0.6 is 57.1 Å². The first-order valence-electron chi connectivity index (χ1n) is 11.3. The first-order valence-corrected chi connectivity index (χ1v) is 21.2. The second-order valence-electron chi connectivity index (χ2n) is 6.34. The van der Waals surface area contributed by atoms with Crippen LogP contribution < -0.4 is 0 Å². The van der Waals surface area contributed by atoms with Gasteiger partial charge in [0.15, 0.2) is 0 Å². The van der Waals surface area contributed by atoms with Crippen LogP contribution in [0, 0.1) is 0 Å². The van der Waals surface area contributed by atoms with Gasteiger partial charge in [-0.3, -0.25) is 28.3 Å². The van der Waals surface area contributed by atoms with Crippen LogP contribution in [0.4, 0.5) is 0 Å². The van der Waals surface area contributed by atoms with Crippen molar-refractivity contribution in [2.45, 2.75) is 51.0 Å². The standard InChI is InChI=1S/2C10H19O6PS2/c2*1-5-15-9(11)7-8(10(12)16-6-2)19-17(13,14-3)18-4/h2*8H,5-7H2,1-4H3/t2*8-,17?/m10/s1. The lowest BCUT2D eigenvalue weighted by Gasteiger charge is -2.18. The number of carbonyl (C=O) groups is 4. The van der Waals surface area contributed by atoms with E-state index in [2.05, 4.69) is 0 Å². The molecular weight excluding hydrogens is 622 g/mol. The van der Waals surface area contributed by atoms with Gasteiger partial charge in [-0.1, -0.05) is 22.8 Å². The maximum Gasteiger partial charge on any atom is 0.320 e. The molecule has 0 radical (unpaired) electrons. The molecule has 0 aromatic carbocycles. The van der Waals surface area contributed by atoms with E-state index in [4.69, 9.17) is 28.0 Å². The Bertz CT molecular complexity index is 748. The summed E-state index contributed by atoms with van der Waals surface area (Å²) in [6.45, 7) is 7.50. The molecule has 224 valence electrons. The maximum atomic E-state index is 12.2. The van der Waals surface area contributed by atoms with Crippen LogP contribution in [0.1, 0.15) is 40.5 Å². The summed E-state index contributed by atoms with van der Waals surface area (Å²) in [5.41, 5.74) is 0. The fraction of sp³-hybridized carbons (Fsp3) is 0.800. The van der Waals surface area contributed by atoms with Crippen LogP contribution in [0.2, 0.25) is 0 Å². The highest BCUT2D eigenvalue weighted by atomic mass is 33.1. The van der Waals surface area contributed by atoms with Gasteiger partial charge in [-0.2, -0.15) is 0 Å². The topological polar surface area (TPSA) is 158 Å². The van der Waals surface area contributed by atoms with E-state index < -0.39 is 45.9 Å². The van der Waals surface area contributed by atoms with E-state index in [1.54, 1.807) is 40.2 Å². The van der Waals surface area contributed by atoms with Crippen molar-refractivity contribution < 1.29 is 56.3 Å². The van der Waals surface area contributed by atoms with Crippen LogP contribution in [0.15, 0.2) is 0 Å². The molecule has 0 aliphatic rings. The number of rotatable bonds is 18. The molecule has 0 amide bonds. The van der Waals surface area contributed by atoms with Crippen LogP contribution in [-0.2, 0) is 56.3 Å². The fourth-order valence-electron chi connectivity index (χ4n) is 2.17. The summed E-state index contributed by atoms with van der Waals surface area (Å²) in [5.74, 6) is -8.37.